The van der Waals surface area contributed by atoms with Crippen molar-refractivity contribution in [1.29, 1.82) is 0 Å². The minimum atomic E-state index is -3.89. The van der Waals surface area contributed by atoms with Gasteiger partial charge in [-0.2, -0.15) is 0 Å². The fraction of sp³-hybridized carbons (Fsp3) is 0.235. The first kappa shape index (κ1) is 19.8. The van der Waals surface area contributed by atoms with Crippen molar-refractivity contribution in [3.63, 3.8) is 0 Å². The fourth-order valence-corrected chi connectivity index (χ4v) is 3.96. The molecule has 0 fully saturated rings. The number of hydrogen-bond acceptors (Lipinski definition) is 4. The largest absolute Gasteiger partial charge is 0.495 e. The van der Waals surface area contributed by atoms with Crippen LogP contribution in [0.1, 0.15) is 13.8 Å². The Kier molecular flexibility index (Phi) is 5.81. The highest BCUT2D eigenvalue weighted by molar-refractivity contribution is 9.10. The first-order chi connectivity index (χ1) is 11.6. The van der Waals surface area contributed by atoms with Crippen LogP contribution in [0.5, 0.6) is 5.75 Å². The lowest BCUT2D eigenvalue weighted by Crippen LogP contribution is -2.44. The summed E-state index contributed by atoms with van der Waals surface area (Å²) in [4.78, 5) is 12.7. The predicted octanol–water partition coefficient (Wildman–Crippen LogP) is 4.30. The Morgan fingerprint density at radius 3 is 2.28 bits per heavy atom. The van der Waals surface area contributed by atoms with E-state index >= 15 is 0 Å². The molecule has 2 aromatic rings. The first-order valence-corrected chi connectivity index (χ1v) is 9.90. The minimum absolute atomic E-state index is 0.0728. The predicted molar refractivity (Wildman–Crippen MR) is 102 cm³/mol. The molecule has 25 heavy (non-hydrogen) atoms. The van der Waals surface area contributed by atoms with E-state index < -0.39 is 20.5 Å². The fourth-order valence-electron chi connectivity index (χ4n) is 2.06. The number of ether oxygens (including phenoxy) is 1. The van der Waals surface area contributed by atoms with Gasteiger partial charge in [-0.1, -0.05) is 27.5 Å². The van der Waals surface area contributed by atoms with Crippen molar-refractivity contribution in [2.75, 3.05) is 12.4 Å². The summed E-state index contributed by atoms with van der Waals surface area (Å²) >= 11 is 9.29. The molecule has 0 saturated heterocycles. The van der Waals surface area contributed by atoms with Crippen LogP contribution in [0, 0.1) is 0 Å². The molecule has 0 saturated carbocycles. The number of carbonyl (C=O) groups excluding carboxylic acids is 1. The summed E-state index contributed by atoms with van der Waals surface area (Å²) in [6.45, 7) is 2.73. The zero-order valence-corrected chi connectivity index (χ0v) is 17.0. The molecule has 1 amide bonds. The van der Waals surface area contributed by atoms with E-state index in [1.54, 1.807) is 24.3 Å². The van der Waals surface area contributed by atoms with Crippen molar-refractivity contribution in [2.24, 2.45) is 0 Å². The zero-order valence-electron chi connectivity index (χ0n) is 13.8. The number of anilines is 1. The second-order valence-electron chi connectivity index (χ2n) is 5.77. The maximum atomic E-state index is 12.8. The summed E-state index contributed by atoms with van der Waals surface area (Å²) in [5, 5.41) is 2.91. The summed E-state index contributed by atoms with van der Waals surface area (Å²) in [5.41, 5.74) is 0.384. The Labute approximate surface area is 160 Å². The summed E-state index contributed by atoms with van der Waals surface area (Å²) in [7, 11) is -2.41. The number of carbonyl (C=O) groups is 1. The van der Waals surface area contributed by atoms with Gasteiger partial charge in [0.25, 0.3) is 0 Å². The Hall–Kier alpha value is -1.57. The Morgan fingerprint density at radius 1 is 1.16 bits per heavy atom. The maximum absolute atomic E-state index is 12.8. The van der Waals surface area contributed by atoms with Gasteiger partial charge in [-0.3, -0.25) is 4.79 Å². The average Bonchev–Trinajstić information content (AvgIpc) is 2.55. The Bertz CT molecular complexity index is 895. The first-order valence-electron chi connectivity index (χ1n) is 7.25. The van der Waals surface area contributed by atoms with E-state index in [2.05, 4.69) is 21.2 Å². The van der Waals surface area contributed by atoms with E-state index in [9.17, 15) is 13.2 Å². The van der Waals surface area contributed by atoms with Crippen molar-refractivity contribution in [1.82, 2.24) is 0 Å². The highest BCUT2D eigenvalue weighted by Gasteiger charge is 2.42. The molecule has 0 heterocycles. The molecule has 134 valence electrons. The Balaban J connectivity index is 2.30. The second-order valence-corrected chi connectivity index (χ2v) is 9.59. The normalized spacial score (nSPS) is 11.9. The van der Waals surface area contributed by atoms with Crippen LogP contribution in [-0.4, -0.2) is 26.2 Å². The lowest BCUT2D eigenvalue weighted by atomic mass is 10.2. The molecule has 0 atom stereocenters. The molecule has 0 aliphatic heterocycles. The van der Waals surface area contributed by atoms with Crippen molar-refractivity contribution >= 4 is 49.0 Å². The van der Waals surface area contributed by atoms with Gasteiger partial charge in [-0.25, -0.2) is 8.42 Å². The topological polar surface area (TPSA) is 72.5 Å². The van der Waals surface area contributed by atoms with Crippen LogP contribution in [0.15, 0.2) is 51.8 Å². The van der Waals surface area contributed by atoms with Crippen LogP contribution in [0.2, 0.25) is 5.02 Å². The van der Waals surface area contributed by atoms with Crippen LogP contribution in [-0.2, 0) is 14.6 Å². The van der Waals surface area contributed by atoms with Crippen LogP contribution in [0.25, 0.3) is 0 Å². The van der Waals surface area contributed by atoms with Gasteiger partial charge in [0.15, 0.2) is 9.84 Å². The molecule has 8 heteroatoms. The van der Waals surface area contributed by atoms with E-state index in [0.717, 1.165) is 4.47 Å². The smallest absolute Gasteiger partial charge is 0.245 e. The standard InChI is InChI=1S/C17H17BrClNO4S/c1-17(2,25(22,23)13-7-4-11(18)5-8-13)16(21)20-12-6-9-15(24-3)14(19)10-12/h4-10H,1-3H3,(H,20,21). The third-order valence-electron chi connectivity index (χ3n) is 3.75. The van der Waals surface area contributed by atoms with Gasteiger partial charge in [-0.05, 0) is 56.3 Å². The molecular formula is C17H17BrClNO4S. The highest BCUT2D eigenvalue weighted by atomic mass is 79.9. The quantitative estimate of drug-likeness (QED) is 0.743. The lowest BCUT2D eigenvalue weighted by Gasteiger charge is -2.24. The van der Waals surface area contributed by atoms with E-state index in [1.807, 2.05) is 0 Å². The molecule has 0 aliphatic rings. The lowest BCUT2D eigenvalue weighted by molar-refractivity contribution is -0.117. The molecule has 0 unspecified atom stereocenters. The van der Waals surface area contributed by atoms with Gasteiger partial charge < -0.3 is 10.1 Å². The van der Waals surface area contributed by atoms with E-state index in [0.29, 0.717) is 16.5 Å². The summed E-state index contributed by atoms with van der Waals surface area (Å²) in [6, 6.07) is 10.8. The number of amides is 1. The molecular weight excluding hydrogens is 430 g/mol. The SMILES string of the molecule is COc1ccc(NC(=O)C(C)(C)S(=O)(=O)c2ccc(Br)cc2)cc1Cl. The third kappa shape index (κ3) is 3.99. The number of nitrogens with one attached hydrogen (secondary N) is 1. The highest BCUT2D eigenvalue weighted by Crippen LogP contribution is 2.30. The zero-order chi connectivity index (χ0) is 18.8. The van der Waals surface area contributed by atoms with Crippen LogP contribution in [0.4, 0.5) is 5.69 Å². The molecule has 0 spiro atoms. The van der Waals surface area contributed by atoms with E-state index in [4.69, 9.17) is 16.3 Å². The van der Waals surface area contributed by atoms with Gasteiger partial charge in [0, 0.05) is 10.2 Å². The van der Waals surface area contributed by atoms with Crippen LogP contribution >= 0.6 is 27.5 Å². The second kappa shape index (κ2) is 7.35. The van der Waals surface area contributed by atoms with E-state index in [-0.39, 0.29) is 4.90 Å². The van der Waals surface area contributed by atoms with Gasteiger partial charge in [0.05, 0.1) is 17.0 Å². The number of halogens is 2. The molecule has 0 aromatic heterocycles. The number of benzene rings is 2. The number of methoxy groups -OCH3 is 1. The van der Waals surface area contributed by atoms with Crippen LogP contribution < -0.4 is 10.1 Å². The van der Waals surface area contributed by atoms with E-state index in [1.165, 1.54) is 39.2 Å². The van der Waals surface area contributed by atoms with Gasteiger partial charge in [0.1, 0.15) is 10.5 Å². The van der Waals surface area contributed by atoms with Crippen molar-refractivity contribution in [3.8, 4) is 5.75 Å². The van der Waals surface area contributed by atoms with Crippen molar-refractivity contribution in [2.45, 2.75) is 23.5 Å². The molecule has 1 N–H and O–H groups in total. The number of hydrogen-bond donors (Lipinski definition) is 1. The monoisotopic (exact) mass is 445 g/mol. The molecule has 0 bridgehead atoms. The molecule has 0 aliphatic carbocycles. The van der Waals surface area contributed by atoms with Crippen molar-refractivity contribution < 1.29 is 17.9 Å². The van der Waals surface area contributed by atoms with Gasteiger partial charge in [-0.15, -0.1) is 0 Å². The molecule has 2 rings (SSSR count). The molecule has 5 nitrogen and oxygen atoms in total. The van der Waals surface area contributed by atoms with Gasteiger partial charge in [0.2, 0.25) is 5.91 Å². The summed E-state index contributed by atoms with van der Waals surface area (Å²) < 4.78 is 29.8. The summed E-state index contributed by atoms with van der Waals surface area (Å²) in [6.07, 6.45) is 0. The Morgan fingerprint density at radius 2 is 1.76 bits per heavy atom. The molecule has 2 aromatic carbocycles. The molecule has 0 radical (unpaired) electrons. The summed E-state index contributed by atoms with van der Waals surface area (Å²) in [5.74, 6) is -0.196. The third-order valence-corrected chi connectivity index (χ3v) is 7.00. The average molecular weight is 447 g/mol. The number of rotatable bonds is 5. The van der Waals surface area contributed by atoms with Crippen LogP contribution in [0.3, 0.4) is 0 Å². The number of sulfone groups is 1. The maximum Gasteiger partial charge on any atom is 0.245 e. The van der Waals surface area contributed by atoms with Crippen molar-refractivity contribution in [3.05, 3.63) is 52.0 Å². The van der Waals surface area contributed by atoms with Gasteiger partial charge >= 0.3 is 0 Å². The minimum Gasteiger partial charge on any atom is -0.495 e.